The Morgan fingerprint density at radius 3 is 2.19 bits per heavy atom. The van der Waals surface area contributed by atoms with Crippen molar-refractivity contribution in [2.75, 3.05) is 0 Å². The summed E-state index contributed by atoms with van der Waals surface area (Å²) in [6.07, 6.45) is 10.6. The van der Waals surface area contributed by atoms with Crippen molar-refractivity contribution < 1.29 is 14.7 Å². The number of rotatable bonds is 7. The van der Waals surface area contributed by atoms with Gasteiger partial charge in [-0.05, 0) is 32.6 Å². The highest BCUT2D eigenvalue weighted by molar-refractivity contribution is 5.78. The zero-order chi connectivity index (χ0) is 15.7. The number of carboxylic acids is 1. The SMILES string of the molecule is CC(CCCC(C)C(=O)O)NC(=O)C1CCCCCCC1. The molecule has 4 heteroatoms. The first-order valence-electron chi connectivity index (χ1n) is 8.54. The van der Waals surface area contributed by atoms with Gasteiger partial charge in [-0.25, -0.2) is 0 Å². The van der Waals surface area contributed by atoms with Crippen LogP contribution >= 0.6 is 0 Å². The van der Waals surface area contributed by atoms with Crippen LogP contribution in [0, 0.1) is 11.8 Å². The van der Waals surface area contributed by atoms with Gasteiger partial charge in [-0.2, -0.15) is 0 Å². The van der Waals surface area contributed by atoms with E-state index in [0.29, 0.717) is 6.42 Å². The second kappa shape index (κ2) is 9.80. The Morgan fingerprint density at radius 2 is 1.62 bits per heavy atom. The first-order chi connectivity index (χ1) is 10.0. The predicted octanol–water partition coefficient (Wildman–Crippen LogP) is 3.74. The van der Waals surface area contributed by atoms with E-state index >= 15 is 0 Å². The van der Waals surface area contributed by atoms with Crippen LogP contribution in [-0.2, 0) is 9.59 Å². The predicted molar refractivity (Wildman–Crippen MR) is 84.1 cm³/mol. The lowest BCUT2D eigenvalue weighted by atomic mass is 9.90. The minimum Gasteiger partial charge on any atom is -0.481 e. The summed E-state index contributed by atoms with van der Waals surface area (Å²) in [6.45, 7) is 3.76. The van der Waals surface area contributed by atoms with Crippen molar-refractivity contribution in [1.82, 2.24) is 5.32 Å². The number of nitrogens with one attached hydrogen (secondary N) is 1. The lowest BCUT2D eigenvalue weighted by Gasteiger charge is -2.22. The molecule has 1 aliphatic rings. The lowest BCUT2D eigenvalue weighted by molar-refractivity contribution is -0.141. The monoisotopic (exact) mass is 297 g/mol. The summed E-state index contributed by atoms with van der Waals surface area (Å²) >= 11 is 0. The van der Waals surface area contributed by atoms with E-state index in [9.17, 15) is 9.59 Å². The van der Waals surface area contributed by atoms with Gasteiger partial charge in [0.05, 0.1) is 5.92 Å². The topological polar surface area (TPSA) is 66.4 Å². The fraction of sp³-hybridized carbons (Fsp3) is 0.882. The molecular weight excluding hydrogens is 266 g/mol. The number of amides is 1. The van der Waals surface area contributed by atoms with Crippen LogP contribution in [0.15, 0.2) is 0 Å². The molecule has 0 heterocycles. The molecule has 0 saturated heterocycles. The number of carbonyl (C=O) groups is 2. The van der Waals surface area contributed by atoms with E-state index in [1.807, 2.05) is 6.92 Å². The molecule has 0 bridgehead atoms. The molecule has 0 radical (unpaired) electrons. The van der Waals surface area contributed by atoms with Gasteiger partial charge in [-0.3, -0.25) is 9.59 Å². The Bertz CT molecular complexity index is 322. The highest BCUT2D eigenvalue weighted by atomic mass is 16.4. The average molecular weight is 297 g/mol. The van der Waals surface area contributed by atoms with Gasteiger partial charge in [-0.1, -0.05) is 45.4 Å². The smallest absolute Gasteiger partial charge is 0.306 e. The molecule has 2 atom stereocenters. The van der Waals surface area contributed by atoms with Crippen molar-refractivity contribution in [2.45, 2.75) is 84.1 Å². The zero-order valence-corrected chi connectivity index (χ0v) is 13.6. The molecule has 1 fully saturated rings. The molecule has 21 heavy (non-hydrogen) atoms. The molecule has 2 unspecified atom stereocenters. The van der Waals surface area contributed by atoms with Crippen molar-refractivity contribution >= 4 is 11.9 Å². The third-order valence-electron chi connectivity index (χ3n) is 4.56. The number of hydrogen-bond acceptors (Lipinski definition) is 2. The Balaban J connectivity index is 2.24. The van der Waals surface area contributed by atoms with Crippen LogP contribution < -0.4 is 5.32 Å². The minimum atomic E-state index is -0.735. The number of aliphatic carboxylic acids is 1. The second-order valence-corrected chi connectivity index (χ2v) is 6.62. The number of hydrogen-bond donors (Lipinski definition) is 2. The third kappa shape index (κ3) is 7.49. The average Bonchev–Trinajstić information content (AvgIpc) is 2.37. The van der Waals surface area contributed by atoms with Gasteiger partial charge >= 0.3 is 5.97 Å². The summed E-state index contributed by atoms with van der Waals surface area (Å²) in [5.74, 6) is -0.638. The maximum absolute atomic E-state index is 12.3. The van der Waals surface area contributed by atoms with Gasteiger partial charge in [0.25, 0.3) is 0 Å². The van der Waals surface area contributed by atoms with Crippen LogP contribution in [0.5, 0.6) is 0 Å². The summed E-state index contributed by atoms with van der Waals surface area (Å²) in [5, 5.41) is 12.0. The summed E-state index contributed by atoms with van der Waals surface area (Å²) in [6, 6.07) is 0.143. The zero-order valence-electron chi connectivity index (χ0n) is 13.6. The highest BCUT2D eigenvalue weighted by Gasteiger charge is 2.20. The summed E-state index contributed by atoms with van der Waals surface area (Å²) in [4.78, 5) is 23.0. The summed E-state index contributed by atoms with van der Waals surface area (Å²) < 4.78 is 0. The highest BCUT2D eigenvalue weighted by Crippen LogP contribution is 2.22. The molecule has 1 rings (SSSR count). The van der Waals surface area contributed by atoms with Crippen LogP contribution in [-0.4, -0.2) is 23.0 Å². The molecule has 1 aliphatic carbocycles. The molecular formula is C17H31NO3. The minimum absolute atomic E-state index is 0.143. The quantitative estimate of drug-likeness (QED) is 0.752. The van der Waals surface area contributed by atoms with E-state index in [0.717, 1.165) is 25.7 Å². The van der Waals surface area contributed by atoms with Gasteiger partial charge in [0.1, 0.15) is 0 Å². The van der Waals surface area contributed by atoms with Crippen LogP contribution in [0.1, 0.15) is 78.1 Å². The van der Waals surface area contributed by atoms with Crippen molar-refractivity contribution in [3.63, 3.8) is 0 Å². The van der Waals surface area contributed by atoms with Gasteiger partial charge in [0, 0.05) is 12.0 Å². The van der Waals surface area contributed by atoms with Crippen LogP contribution in [0.2, 0.25) is 0 Å². The summed E-state index contributed by atoms with van der Waals surface area (Å²) in [7, 11) is 0. The number of carboxylic acid groups (broad SMARTS) is 1. The van der Waals surface area contributed by atoms with Gasteiger partial charge < -0.3 is 10.4 Å². The fourth-order valence-electron chi connectivity index (χ4n) is 3.00. The normalized spacial score (nSPS) is 20.1. The maximum atomic E-state index is 12.3. The fourth-order valence-corrected chi connectivity index (χ4v) is 3.00. The Hall–Kier alpha value is -1.06. The lowest BCUT2D eigenvalue weighted by Crippen LogP contribution is -2.37. The van der Waals surface area contributed by atoms with Crippen LogP contribution in [0.3, 0.4) is 0 Å². The van der Waals surface area contributed by atoms with Crippen LogP contribution in [0.25, 0.3) is 0 Å². The van der Waals surface area contributed by atoms with Gasteiger partial charge in [0.15, 0.2) is 0 Å². The van der Waals surface area contributed by atoms with Crippen molar-refractivity contribution in [2.24, 2.45) is 11.8 Å². The van der Waals surface area contributed by atoms with E-state index in [2.05, 4.69) is 5.32 Å². The molecule has 1 amide bonds. The van der Waals surface area contributed by atoms with E-state index in [1.54, 1.807) is 6.92 Å². The van der Waals surface area contributed by atoms with Crippen LogP contribution in [0.4, 0.5) is 0 Å². The van der Waals surface area contributed by atoms with Crippen molar-refractivity contribution in [1.29, 1.82) is 0 Å². The maximum Gasteiger partial charge on any atom is 0.306 e. The molecule has 0 aromatic heterocycles. The standard InChI is InChI=1S/C17H31NO3/c1-13(17(20)21)9-8-10-14(2)18-16(19)15-11-6-4-3-5-7-12-15/h13-15H,3-12H2,1-2H3,(H,18,19)(H,20,21). The molecule has 4 nitrogen and oxygen atoms in total. The van der Waals surface area contributed by atoms with Gasteiger partial charge in [-0.15, -0.1) is 0 Å². The molecule has 1 saturated carbocycles. The van der Waals surface area contributed by atoms with Gasteiger partial charge in [0.2, 0.25) is 5.91 Å². The molecule has 122 valence electrons. The van der Waals surface area contributed by atoms with E-state index in [-0.39, 0.29) is 23.8 Å². The third-order valence-corrected chi connectivity index (χ3v) is 4.56. The number of carbonyl (C=O) groups excluding carboxylic acids is 1. The van der Waals surface area contributed by atoms with E-state index in [1.165, 1.54) is 32.1 Å². The molecule has 2 N–H and O–H groups in total. The van der Waals surface area contributed by atoms with E-state index in [4.69, 9.17) is 5.11 Å². The first-order valence-corrected chi connectivity index (χ1v) is 8.54. The Labute approximate surface area is 128 Å². The molecule has 0 aliphatic heterocycles. The van der Waals surface area contributed by atoms with Crippen molar-refractivity contribution in [3.8, 4) is 0 Å². The molecule has 0 aromatic carbocycles. The molecule has 0 spiro atoms. The second-order valence-electron chi connectivity index (χ2n) is 6.62. The molecule has 0 aromatic rings. The summed E-state index contributed by atoms with van der Waals surface area (Å²) in [5.41, 5.74) is 0. The van der Waals surface area contributed by atoms with Crippen molar-refractivity contribution in [3.05, 3.63) is 0 Å². The van der Waals surface area contributed by atoms with E-state index < -0.39 is 5.97 Å². The largest absolute Gasteiger partial charge is 0.481 e. The Kier molecular flexibility index (Phi) is 8.40. The first kappa shape index (κ1) is 18.0. The Morgan fingerprint density at radius 1 is 1.05 bits per heavy atom.